The molecule has 19 heavy (non-hydrogen) atoms. The molecule has 0 heterocycles. The summed E-state index contributed by atoms with van der Waals surface area (Å²) in [7, 11) is 0. The Labute approximate surface area is 125 Å². The van der Waals surface area contributed by atoms with Crippen LogP contribution in [0.15, 0.2) is 0 Å². The van der Waals surface area contributed by atoms with Crippen LogP contribution >= 0.6 is 15.9 Å². The van der Waals surface area contributed by atoms with Crippen LogP contribution in [0.4, 0.5) is 4.79 Å². The van der Waals surface area contributed by atoms with E-state index in [1.165, 1.54) is 25.7 Å². The highest BCUT2D eigenvalue weighted by atomic mass is 79.9. The molecule has 110 valence electrons. The van der Waals surface area contributed by atoms with Crippen LogP contribution in [0.1, 0.15) is 59.3 Å². The molecule has 0 saturated heterocycles. The number of alkyl halides is 1. The van der Waals surface area contributed by atoms with E-state index in [1.54, 1.807) is 0 Å². The van der Waals surface area contributed by atoms with Crippen molar-refractivity contribution >= 4 is 22.0 Å². The molecular weight excluding hydrogens is 306 g/mol. The minimum absolute atomic E-state index is 0.263. The second-order valence-corrected chi connectivity index (χ2v) is 8.00. The number of hydrogen-bond donors (Lipinski definition) is 1. The number of alkyl carbamates (subject to hydrolysis) is 1. The fraction of sp³-hybridized carbons (Fsp3) is 0.933. The maximum absolute atomic E-state index is 11.7. The van der Waals surface area contributed by atoms with Crippen LogP contribution in [-0.2, 0) is 4.74 Å². The first-order valence-electron chi connectivity index (χ1n) is 7.37. The number of ether oxygens (including phenoxy) is 1. The molecule has 0 bridgehead atoms. The molecule has 2 aliphatic rings. The number of nitrogens with one attached hydrogen (secondary N) is 1. The second kappa shape index (κ2) is 5.63. The van der Waals surface area contributed by atoms with Gasteiger partial charge in [0.2, 0.25) is 0 Å². The topological polar surface area (TPSA) is 38.3 Å². The van der Waals surface area contributed by atoms with Gasteiger partial charge in [0.05, 0.1) is 0 Å². The Bertz CT molecular complexity index is 322. The molecule has 3 nitrogen and oxygen atoms in total. The van der Waals surface area contributed by atoms with E-state index in [-0.39, 0.29) is 6.09 Å². The largest absolute Gasteiger partial charge is 0.444 e. The third kappa shape index (κ3) is 4.11. The quantitative estimate of drug-likeness (QED) is 0.768. The molecule has 0 atom stereocenters. The van der Waals surface area contributed by atoms with Gasteiger partial charge in [0.25, 0.3) is 0 Å². The summed E-state index contributed by atoms with van der Waals surface area (Å²) >= 11 is 3.59. The number of rotatable bonds is 2. The third-order valence-corrected chi connectivity index (χ3v) is 5.38. The maximum Gasteiger partial charge on any atom is 0.407 e. The molecule has 2 rings (SSSR count). The molecule has 1 spiro atoms. The number of amides is 1. The fourth-order valence-electron chi connectivity index (χ4n) is 3.41. The van der Waals surface area contributed by atoms with E-state index in [9.17, 15) is 4.79 Å². The van der Waals surface area contributed by atoms with Crippen LogP contribution < -0.4 is 5.32 Å². The number of carbonyl (C=O) groups excluding carboxylic acids is 1. The Kier molecular flexibility index (Phi) is 4.49. The lowest BCUT2D eigenvalue weighted by Crippen LogP contribution is -2.52. The number of halogens is 1. The minimum Gasteiger partial charge on any atom is -0.444 e. The summed E-state index contributed by atoms with van der Waals surface area (Å²) in [6.45, 7) is 5.70. The molecule has 0 aromatic rings. The standard InChI is InChI=1S/C15H26BrNO2/c1-14(2,3)19-13(18)17-12-8-15(9-12)6-4-11(10-16)5-7-15/h11-12H,4-10H2,1-3H3,(H,17,18). The first-order valence-corrected chi connectivity index (χ1v) is 8.50. The van der Waals surface area contributed by atoms with Crippen molar-refractivity contribution in [3.63, 3.8) is 0 Å². The molecule has 2 aliphatic carbocycles. The average Bonchev–Trinajstić information content (AvgIpc) is 2.25. The zero-order chi connectivity index (χ0) is 14.1. The van der Waals surface area contributed by atoms with E-state index in [0.29, 0.717) is 11.5 Å². The van der Waals surface area contributed by atoms with E-state index < -0.39 is 5.60 Å². The van der Waals surface area contributed by atoms with Gasteiger partial charge in [0.15, 0.2) is 0 Å². The van der Waals surface area contributed by atoms with E-state index >= 15 is 0 Å². The van der Waals surface area contributed by atoms with Crippen molar-refractivity contribution in [2.75, 3.05) is 5.33 Å². The van der Waals surface area contributed by atoms with Gasteiger partial charge in [-0.15, -0.1) is 0 Å². The van der Waals surface area contributed by atoms with Crippen molar-refractivity contribution in [1.29, 1.82) is 0 Å². The molecule has 0 unspecified atom stereocenters. The summed E-state index contributed by atoms with van der Waals surface area (Å²) in [5.74, 6) is 0.864. The molecule has 0 aromatic heterocycles. The van der Waals surface area contributed by atoms with Gasteiger partial charge in [-0.3, -0.25) is 0 Å². The van der Waals surface area contributed by atoms with Crippen LogP contribution in [0.2, 0.25) is 0 Å². The van der Waals surface area contributed by atoms with Crippen molar-refractivity contribution in [2.24, 2.45) is 11.3 Å². The monoisotopic (exact) mass is 331 g/mol. The third-order valence-electron chi connectivity index (χ3n) is 4.46. The van der Waals surface area contributed by atoms with Crippen LogP contribution in [-0.4, -0.2) is 23.1 Å². The van der Waals surface area contributed by atoms with Gasteiger partial charge in [-0.1, -0.05) is 15.9 Å². The number of hydrogen-bond acceptors (Lipinski definition) is 2. The van der Waals surface area contributed by atoms with Crippen molar-refractivity contribution in [3.8, 4) is 0 Å². The predicted octanol–water partition coefficient (Wildman–Crippen LogP) is 4.25. The van der Waals surface area contributed by atoms with E-state index in [1.807, 2.05) is 20.8 Å². The lowest BCUT2D eigenvalue weighted by molar-refractivity contribution is 0.0102. The Hall–Kier alpha value is -0.250. The first kappa shape index (κ1) is 15.1. The van der Waals surface area contributed by atoms with E-state index in [0.717, 1.165) is 24.1 Å². The van der Waals surface area contributed by atoms with Gasteiger partial charge in [0, 0.05) is 11.4 Å². The highest BCUT2D eigenvalue weighted by molar-refractivity contribution is 9.09. The first-order chi connectivity index (χ1) is 8.82. The molecule has 0 aromatic carbocycles. The summed E-state index contributed by atoms with van der Waals surface area (Å²) in [5, 5.41) is 4.14. The van der Waals surface area contributed by atoms with E-state index in [4.69, 9.17) is 4.74 Å². The SMILES string of the molecule is CC(C)(C)OC(=O)NC1CC2(CCC(CBr)CC2)C1. The molecular formula is C15H26BrNO2. The Morgan fingerprint density at radius 3 is 2.37 bits per heavy atom. The molecule has 4 heteroatoms. The zero-order valence-corrected chi connectivity index (χ0v) is 13.9. The van der Waals surface area contributed by atoms with Crippen molar-refractivity contribution < 1.29 is 9.53 Å². The molecule has 2 fully saturated rings. The van der Waals surface area contributed by atoms with E-state index in [2.05, 4.69) is 21.2 Å². The maximum atomic E-state index is 11.7. The smallest absolute Gasteiger partial charge is 0.407 e. The summed E-state index contributed by atoms with van der Waals surface area (Å²) in [6.07, 6.45) is 7.35. The Balaban J connectivity index is 1.70. The highest BCUT2D eigenvalue weighted by Crippen LogP contribution is 2.53. The summed E-state index contributed by atoms with van der Waals surface area (Å²) in [6, 6.07) is 0.329. The highest BCUT2D eigenvalue weighted by Gasteiger charge is 2.46. The van der Waals surface area contributed by atoms with Gasteiger partial charge < -0.3 is 10.1 Å². The average molecular weight is 332 g/mol. The van der Waals surface area contributed by atoms with Gasteiger partial charge >= 0.3 is 6.09 Å². The second-order valence-electron chi connectivity index (χ2n) is 7.35. The molecule has 2 saturated carbocycles. The summed E-state index contributed by atoms with van der Waals surface area (Å²) < 4.78 is 5.30. The lowest BCUT2D eigenvalue weighted by Gasteiger charge is -2.51. The molecule has 0 aliphatic heterocycles. The van der Waals surface area contributed by atoms with Crippen LogP contribution in [0.5, 0.6) is 0 Å². The normalized spacial score (nSPS) is 34.7. The van der Waals surface area contributed by atoms with Crippen molar-refractivity contribution in [2.45, 2.75) is 70.9 Å². The molecule has 0 radical (unpaired) electrons. The minimum atomic E-state index is -0.403. The summed E-state index contributed by atoms with van der Waals surface area (Å²) in [4.78, 5) is 11.7. The van der Waals surface area contributed by atoms with Crippen LogP contribution in [0.25, 0.3) is 0 Å². The van der Waals surface area contributed by atoms with Crippen molar-refractivity contribution in [1.82, 2.24) is 5.32 Å². The number of carbonyl (C=O) groups is 1. The Morgan fingerprint density at radius 1 is 1.32 bits per heavy atom. The lowest BCUT2D eigenvalue weighted by atomic mass is 9.57. The van der Waals surface area contributed by atoms with Gasteiger partial charge in [-0.25, -0.2) is 4.79 Å². The zero-order valence-electron chi connectivity index (χ0n) is 12.3. The van der Waals surface area contributed by atoms with Crippen LogP contribution in [0.3, 0.4) is 0 Å². The van der Waals surface area contributed by atoms with Gasteiger partial charge in [-0.2, -0.15) is 0 Å². The van der Waals surface area contributed by atoms with Crippen molar-refractivity contribution in [3.05, 3.63) is 0 Å². The Morgan fingerprint density at radius 2 is 1.89 bits per heavy atom. The molecule has 1 amide bonds. The van der Waals surface area contributed by atoms with Gasteiger partial charge in [0.1, 0.15) is 5.60 Å². The molecule has 1 N–H and O–H groups in total. The predicted molar refractivity (Wildman–Crippen MR) is 80.6 cm³/mol. The fourth-order valence-corrected chi connectivity index (χ4v) is 4.06. The van der Waals surface area contributed by atoms with Gasteiger partial charge in [-0.05, 0) is 70.6 Å². The van der Waals surface area contributed by atoms with Crippen LogP contribution in [0, 0.1) is 11.3 Å². The summed E-state index contributed by atoms with van der Waals surface area (Å²) in [5.41, 5.74) is 0.123.